The smallest absolute Gasteiger partial charge is 0.308 e. The number of nitrogens with one attached hydrogen (secondary N) is 1. The lowest BCUT2D eigenvalue weighted by Crippen LogP contribution is -2.68. The molecule has 8 heteroatoms. The van der Waals surface area contributed by atoms with Gasteiger partial charge in [-0.1, -0.05) is 47.5 Å². The predicted octanol–water partition coefficient (Wildman–Crippen LogP) is 5.34. The minimum absolute atomic E-state index is 0.0260. The van der Waals surface area contributed by atoms with Gasteiger partial charge in [-0.25, -0.2) is 0 Å². The summed E-state index contributed by atoms with van der Waals surface area (Å²) in [6.07, 6.45) is 5.30. The molecule has 1 heterocycles. The fourth-order valence-electron chi connectivity index (χ4n) is 6.19. The molecule has 1 saturated heterocycles. The van der Waals surface area contributed by atoms with Gasteiger partial charge in [0.2, 0.25) is 5.91 Å². The number of carbonyl (C=O) groups is 2. The quantitative estimate of drug-likeness (QED) is 0.276. The van der Waals surface area contributed by atoms with E-state index in [1.807, 2.05) is 24.3 Å². The lowest BCUT2D eigenvalue weighted by Gasteiger charge is -2.59. The van der Waals surface area contributed by atoms with Crippen LogP contribution in [0.15, 0.2) is 55.1 Å². The summed E-state index contributed by atoms with van der Waals surface area (Å²) in [5.41, 5.74) is 1.06. The highest BCUT2D eigenvalue weighted by atomic mass is 35.5. The van der Waals surface area contributed by atoms with E-state index in [0.29, 0.717) is 15.8 Å². The molecule has 1 aliphatic carbocycles. The Morgan fingerprint density at radius 2 is 2.00 bits per heavy atom. The van der Waals surface area contributed by atoms with Crippen LogP contribution in [0.1, 0.15) is 43.7 Å². The number of ether oxygens (including phenoxy) is 2. The summed E-state index contributed by atoms with van der Waals surface area (Å²) in [7, 11) is 1.78. The van der Waals surface area contributed by atoms with Gasteiger partial charge in [0, 0.05) is 38.6 Å². The van der Waals surface area contributed by atoms with Crippen molar-refractivity contribution in [2.24, 2.45) is 0 Å². The van der Waals surface area contributed by atoms with Crippen molar-refractivity contribution in [1.29, 1.82) is 0 Å². The van der Waals surface area contributed by atoms with Crippen LogP contribution in [0.2, 0.25) is 10.0 Å². The van der Waals surface area contributed by atoms with Crippen LogP contribution in [0.5, 0.6) is 5.75 Å². The van der Waals surface area contributed by atoms with Crippen molar-refractivity contribution in [3.05, 3.63) is 76.3 Å². The van der Waals surface area contributed by atoms with Gasteiger partial charge in [-0.2, -0.15) is 0 Å². The monoisotopic (exact) mass is 544 g/mol. The number of benzene rings is 2. The molecule has 4 rings (SSSR count). The standard InChI is InChI=1S/C29H34Cl2N2O4/c1-4-13-33-14-12-28(22-6-5-7-24(17-22)37-20(2)34)18-23(10-11-29(28,19-33)36-3)32-27(35)16-21-8-9-25(30)26(31)15-21/h4-9,15,17,23H,1,10-14,16,18-19H2,2-3H3,(H,32,35)/t23-,28+,29+/m1/s1. The molecule has 2 aromatic rings. The predicted molar refractivity (Wildman–Crippen MR) is 146 cm³/mol. The molecule has 2 aliphatic rings. The van der Waals surface area contributed by atoms with Crippen LogP contribution in [0.25, 0.3) is 0 Å². The van der Waals surface area contributed by atoms with E-state index in [0.717, 1.165) is 56.4 Å². The molecule has 0 unspecified atom stereocenters. The highest BCUT2D eigenvalue weighted by molar-refractivity contribution is 6.42. The largest absolute Gasteiger partial charge is 0.427 e. The second-order valence-corrected chi connectivity index (χ2v) is 10.9. The number of halogens is 2. The number of esters is 1. The van der Waals surface area contributed by atoms with Crippen LogP contribution in [-0.2, 0) is 26.2 Å². The van der Waals surface area contributed by atoms with Crippen molar-refractivity contribution in [3.63, 3.8) is 0 Å². The van der Waals surface area contributed by atoms with Crippen molar-refractivity contribution < 1.29 is 19.1 Å². The average molecular weight is 546 g/mol. The van der Waals surface area contributed by atoms with Gasteiger partial charge in [-0.15, -0.1) is 6.58 Å². The number of fused-ring (bicyclic) bond motifs is 1. The Balaban J connectivity index is 1.62. The third-order valence-electron chi connectivity index (χ3n) is 7.84. The summed E-state index contributed by atoms with van der Waals surface area (Å²) < 4.78 is 11.8. The fourth-order valence-corrected chi connectivity index (χ4v) is 6.51. The Hall–Kier alpha value is -2.38. The van der Waals surface area contributed by atoms with Gasteiger partial charge < -0.3 is 14.8 Å². The molecule has 0 bridgehead atoms. The summed E-state index contributed by atoms with van der Waals surface area (Å²) in [6.45, 7) is 7.74. The van der Waals surface area contributed by atoms with E-state index in [1.165, 1.54) is 6.92 Å². The third kappa shape index (κ3) is 5.88. The molecule has 1 N–H and O–H groups in total. The Morgan fingerprint density at radius 1 is 1.19 bits per heavy atom. The van der Waals surface area contributed by atoms with Gasteiger partial charge in [-0.05, 0) is 67.6 Å². The molecule has 2 aromatic carbocycles. The van der Waals surface area contributed by atoms with Crippen LogP contribution in [0.3, 0.4) is 0 Å². The Kier molecular flexibility index (Phi) is 8.64. The second-order valence-electron chi connectivity index (χ2n) is 10.1. The van der Waals surface area contributed by atoms with Crippen molar-refractivity contribution >= 4 is 35.1 Å². The number of likely N-dealkylation sites (tertiary alicyclic amines) is 1. The minimum atomic E-state index is -0.450. The maximum Gasteiger partial charge on any atom is 0.308 e. The fraction of sp³-hybridized carbons (Fsp3) is 0.448. The molecule has 0 aromatic heterocycles. The van der Waals surface area contributed by atoms with Gasteiger partial charge in [0.1, 0.15) is 5.75 Å². The van der Waals surface area contributed by atoms with Crippen LogP contribution in [-0.4, -0.2) is 55.2 Å². The number of amides is 1. The van der Waals surface area contributed by atoms with Crippen molar-refractivity contribution in [2.45, 2.75) is 56.1 Å². The molecule has 1 amide bonds. The Bertz CT molecular complexity index is 1170. The van der Waals surface area contributed by atoms with Gasteiger partial charge in [0.25, 0.3) is 0 Å². The molecule has 6 nitrogen and oxygen atoms in total. The first-order valence-corrected chi connectivity index (χ1v) is 13.4. The van der Waals surface area contributed by atoms with Crippen LogP contribution in [0.4, 0.5) is 0 Å². The molecule has 2 fully saturated rings. The molecular weight excluding hydrogens is 511 g/mol. The topological polar surface area (TPSA) is 67.9 Å². The first kappa shape index (κ1) is 27.6. The molecular formula is C29H34Cl2N2O4. The highest BCUT2D eigenvalue weighted by Crippen LogP contribution is 2.53. The van der Waals surface area contributed by atoms with Crippen molar-refractivity contribution in [2.75, 3.05) is 26.7 Å². The van der Waals surface area contributed by atoms with Crippen LogP contribution < -0.4 is 10.1 Å². The van der Waals surface area contributed by atoms with Crippen molar-refractivity contribution in [1.82, 2.24) is 10.2 Å². The maximum absolute atomic E-state index is 13.0. The Morgan fingerprint density at radius 3 is 2.70 bits per heavy atom. The molecule has 3 atom stereocenters. The number of rotatable bonds is 8. The lowest BCUT2D eigenvalue weighted by molar-refractivity contribution is -0.149. The minimum Gasteiger partial charge on any atom is -0.427 e. The number of hydrogen-bond donors (Lipinski definition) is 1. The summed E-state index contributed by atoms with van der Waals surface area (Å²) in [5, 5.41) is 4.17. The molecule has 1 saturated carbocycles. The van der Waals surface area contributed by atoms with Gasteiger partial charge >= 0.3 is 5.97 Å². The third-order valence-corrected chi connectivity index (χ3v) is 8.58. The molecule has 198 valence electrons. The van der Waals surface area contributed by atoms with Gasteiger partial charge in [0.05, 0.1) is 22.1 Å². The van der Waals surface area contributed by atoms with Gasteiger partial charge in [-0.3, -0.25) is 14.5 Å². The number of carbonyl (C=O) groups excluding carboxylic acids is 2. The lowest BCUT2D eigenvalue weighted by atomic mass is 9.55. The normalized spacial score (nSPS) is 25.7. The van der Waals surface area contributed by atoms with E-state index in [1.54, 1.807) is 25.3 Å². The SMILES string of the molecule is C=CCN1CC[C@@]2(c3cccc(OC(C)=O)c3)C[C@H](NC(=O)Cc3ccc(Cl)c(Cl)c3)CC[C@]2(OC)C1. The average Bonchev–Trinajstić information content (AvgIpc) is 2.86. The van der Waals surface area contributed by atoms with E-state index >= 15 is 0 Å². The molecule has 1 aliphatic heterocycles. The van der Waals surface area contributed by atoms with E-state index < -0.39 is 5.60 Å². The van der Waals surface area contributed by atoms with Crippen LogP contribution >= 0.6 is 23.2 Å². The van der Waals surface area contributed by atoms with Crippen LogP contribution in [0, 0.1) is 0 Å². The van der Waals surface area contributed by atoms with E-state index in [-0.39, 0.29) is 29.8 Å². The number of methoxy groups -OCH3 is 1. The molecule has 37 heavy (non-hydrogen) atoms. The summed E-state index contributed by atoms with van der Waals surface area (Å²) >= 11 is 12.2. The number of piperidine rings is 1. The first-order chi connectivity index (χ1) is 17.7. The molecule has 0 radical (unpaired) electrons. The Labute approximate surface area is 228 Å². The molecule has 0 spiro atoms. The first-order valence-electron chi connectivity index (χ1n) is 12.6. The summed E-state index contributed by atoms with van der Waals surface area (Å²) in [5.74, 6) is 0.106. The maximum atomic E-state index is 13.0. The van der Waals surface area contributed by atoms with E-state index in [4.69, 9.17) is 32.7 Å². The van der Waals surface area contributed by atoms with E-state index in [2.05, 4.69) is 22.9 Å². The zero-order valence-corrected chi connectivity index (χ0v) is 22.9. The second kappa shape index (κ2) is 11.6. The van der Waals surface area contributed by atoms with Gasteiger partial charge in [0.15, 0.2) is 0 Å². The highest BCUT2D eigenvalue weighted by Gasteiger charge is 2.58. The summed E-state index contributed by atoms with van der Waals surface area (Å²) in [4.78, 5) is 27.1. The number of hydrogen-bond acceptors (Lipinski definition) is 5. The van der Waals surface area contributed by atoms with Crippen molar-refractivity contribution in [3.8, 4) is 5.75 Å². The van der Waals surface area contributed by atoms with E-state index in [9.17, 15) is 9.59 Å². The zero-order valence-electron chi connectivity index (χ0n) is 21.4. The summed E-state index contributed by atoms with van der Waals surface area (Å²) in [6, 6.07) is 13.0. The number of nitrogens with zero attached hydrogens (tertiary/aromatic N) is 1. The zero-order chi connectivity index (χ0) is 26.6.